The van der Waals surface area contributed by atoms with E-state index in [2.05, 4.69) is 53.4 Å². The van der Waals surface area contributed by atoms with Crippen LogP contribution in [0.5, 0.6) is 5.75 Å². The smallest absolute Gasteiger partial charge is 0.320 e. The average Bonchev–Trinajstić information content (AvgIpc) is 2.68. The van der Waals surface area contributed by atoms with Gasteiger partial charge in [-0.1, -0.05) is 36.4 Å². The molecular formula is C23H29NO3. The first-order valence-corrected chi connectivity index (χ1v) is 9.68. The second-order valence-corrected chi connectivity index (χ2v) is 7.25. The summed E-state index contributed by atoms with van der Waals surface area (Å²) < 4.78 is 10.5. The van der Waals surface area contributed by atoms with Gasteiger partial charge in [-0.05, 0) is 61.6 Å². The molecule has 2 atom stereocenters. The molecule has 4 nitrogen and oxygen atoms in total. The van der Waals surface area contributed by atoms with Gasteiger partial charge in [-0.3, -0.25) is 9.69 Å². The molecule has 2 aromatic carbocycles. The van der Waals surface area contributed by atoms with E-state index in [4.69, 9.17) is 9.47 Å². The van der Waals surface area contributed by atoms with Crippen molar-refractivity contribution >= 4 is 5.97 Å². The van der Waals surface area contributed by atoms with Crippen molar-refractivity contribution in [1.82, 2.24) is 4.90 Å². The third-order valence-electron chi connectivity index (χ3n) is 5.35. The van der Waals surface area contributed by atoms with Gasteiger partial charge in [0, 0.05) is 12.5 Å². The lowest BCUT2D eigenvalue weighted by Gasteiger charge is -2.36. The zero-order valence-electron chi connectivity index (χ0n) is 16.5. The maximum Gasteiger partial charge on any atom is 0.320 e. The van der Waals surface area contributed by atoms with E-state index in [0.717, 1.165) is 25.1 Å². The number of hydrogen-bond donors (Lipinski definition) is 0. The Bertz CT molecular complexity index is 759. The normalized spacial score (nSPS) is 18.8. The van der Waals surface area contributed by atoms with E-state index in [1.54, 1.807) is 7.11 Å². The molecule has 27 heavy (non-hydrogen) atoms. The van der Waals surface area contributed by atoms with E-state index < -0.39 is 0 Å². The average molecular weight is 367 g/mol. The minimum Gasteiger partial charge on any atom is -0.497 e. The van der Waals surface area contributed by atoms with Gasteiger partial charge in [0.1, 0.15) is 5.75 Å². The molecule has 0 saturated heterocycles. The number of benzene rings is 2. The molecule has 0 aliphatic heterocycles. The Labute approximate surface area is 162 Å². The molecule has 0 unspecified atom stereocenters. The van der Waals surface area contributed by atoms with Crippen LogP contribution in [0.3, 0.4) is 0 Å². The number of rotatable bonds is 7. The molecule has 2 aromatic rings. The summed E-state index contributed by atoms with van der Waals surface area (Å²) in [5, 5.41) is 0. The summed E-state index contributed by atoms with van der Waals surface area (Å²) in [5.41, 5.74) is 4.08. The second-order valence-electron chi connectivity index (χ2n) is 7.25. The van der Waals surface area contributed by atoms with Crippen molar-refractivity contribution < 1.29 is 14.3 Å². The monoisotopic (exact) mass is 367 g/mol. The van der Waals surface area contributed by atoms with Crippen molar-refractivity contribution in [2.24, 2.45) is 5.92 Å². The minimum absolute atomic E-state index is 0.155. The molecular weight excluding hydrogens is 338 g/mol. The fraction of sp³-hybridized carbons (Fsp3) is 0.435. The topological polar surface area (TPSA) is 38.8 Å². The van der Waals surface area contributed by atoms with E-state index in [0.29, 0.717) is 25.0 Å². The highest BCUT2D eigenvalue weighted by Crippen LogP contribution is 2.42. The Hall–Kier alpha value is -2.33. The van der Waals surface area contributed by atoms with Gasteiger partial charge in [0.2, 0.25) is 0 Å². The maximum atomic E-state index is 11.8. The molecule has 0 bridgehead atoms. The molecule has 0 fully saturated rings. The van der Waals surface area contributed by atoms with Gasteiger partial charge >= 0.3 is 5.97 Å². The standard InChI is InChI=1S/C23H29NO3/c1-4-27-22(25)16-24(2)15-19-11-10-18-14-20(26-3)12-13-21(18)23(19)17-8-6-5-7-9-17/h5-9,12-14,19,23H,4,10-11,15-16H2,1-3H3/t19-,23+/m1/s1. The van der Waals surface area contributed by atoms with Crippen LogP contribution >= 0.6 is 0 Å². The van der Waals surface area contributed by atoms with Gasteiger partial charge in [0.25, 0.3) is 0 Å². The summed E-state index contributed by atoms with van der Waals surface area (Å²) in [6, 6.07) is 17.1. The first kappa shape index (κ1) is 19.4. The predicted molar refractivity (Wildman–Crippen MR) is 107 cm³/mol. The van der Waals surface area contributed by atoms with Gasteiger partial charge < -0.3 is 9.47 Å². The van der Waals surface area contributed by atoms with Crippen molar-refractivity contribution in [2.75, 3.05) is 33.9 Å². The Morgan fingerprint density at radius 2 is 1.96 bits per heavy atom. The number of fused-ring (bicyclic) bond motifs is 1. The van der Waals surface area contributed by atoms with Gasteiger partial charge in [-0.2, -0.15) is 0 Å². The van der Waals surface area contributed by atoms with Crippen molar-refractivity contribution in [1.29, 1.82) is 0 Å². The molecule has 0 N–H and O–H groups in total. The molecule has 0 aromatic heterocycles. The molecule has 3 rings (SSSR count). The van der Waals surface area contributed by atoms with E-state index in [-0.39, 0.29) is 5.97 Å². The summed E-state index contributed by atoms with van der Waals surface area (Å²) in [4.78, 5) is 13.9. The van der Waals surface area contributed by atoms with Crippen LogP contribution in [0.2, 0.25) is 0 Å². The van der Waals surface area contributed by atoms with Crippen LogP contribution in [-0.2, 0) is 16.0 Å². The summed E-state index contributed by atoms with van der Waals surface area (Å²) in [5.74, 6) is 1.54. The van der Waals surface area contributed by atoms with Crippen LogP contribution in [0, 0.1) is 5.92 Å². The zero-order chi connectivity index (χ0) is 19.2. The first-order valence-electron chi connectivity index (χ1n) is 9.68. The number of esters is 1. The van der Waals surface area contributed by atoms with E-state index in [1.165, 1.54) is 16.7 Å². The number of likely N-dealkylation sites (N-methyl/N-ethyl adjacent to an activating group) is 1. The maximum absolute atomic E-state index is 11.8. The number of carbonyl (C=O) groups excluding carboxylic acids is 1. The Balaban J connectivity index is 1.85. The molecule has 0 spiro atoms. The van der Waals surface area contributed by atoms with Crippen LogP contribution in [-0.4, -0.2) is 44.7 Å². The lowest BCUT2D eigenvalue weighted by atomic mass is 9.71. The van der Waals surface area contributed by atoms with Crippen LogP contribution in [0.4, 0.5) is 0 Å². The van der Waals surface area contributed by atoms with Crippen LogP contribution < -0.4 is 4.74 Å². The zero-order valence-corrected chi connectivity index (χ0v) is 16.5. The molecule has 0 amide bonds. The highest BCUT2D eigenvalue weighted by atomic mass is 16.5. The molecule has 1 aliphatic carbocycles. The third kappa shape index (κ3) is 4.69. The number of carbonyl (C=O) groups is 1. The van der Waals surface area contributed by atoms with Gasteiger partial charge in [0.15, 0.2) is 0 Å². The van der Waals surface area contributed by atoms with E-state index in [9.17, 15) is 4.79 Å². The van der Waals surface area contributed by atoms with Crippen molar-refractivity contribution in [3.05, 3.63) is 65.2 Å². The highest BCUT2D eigenvalue weighted by Gasteiger charge is 2.32. The van der Waals surface area contributed by atoms with Crippen molar-refractivity contribution in [3.63, 3.8) is 0 Å². The fourth-order valence-electron chi connectivity index (χ4n) is 4.19. The van der Waals surface area contributed by atoms with Crippen molar-refractivity contribution in [3.8, 4) is 5.75 Å². The quantitative estimate of drug-likeness (QED) is 0.696. The summed E-state index contributed by atoms with van der Waals surface area (Å²) in [6.45, 7) is 3.47. The predicted octanol–water partition coefficient (Wildman–Crippen LogP) is 3.88. The van der Waals surface area contributed by atoms with Crippen molar-refractivity contribution in [2.45, 2.75) is 25.7 Å². The Morgan fingerprint density at radius 3 is 2.67 bits per heavy atom. The lowest BCUT2D eigenvalue weighted by molar-refractivity contribution is -0.144. The number of nitrogens with zero attached hydrogens (tertiary/aromatic N) is 1. The van der Waals surface area contributed by atoms with Crippen LogP contribution in [0.25, 0.3) is 0 Å². The molecule has 4 heteroatoms. The van der Waals surface area contributed by atoms with E-state index in [1.807, 2.05) is 14.0 Å². The van der Waals surface area contributed by atoms with Gasteiger partial charge in [-0.15, -0.1) is 0 Å². The Morgan fingerprint density at radius 1 is 1.19 bits per heavy atom. The largest absolute Gasteiger partial charge is 0.497 e. The summed E-state index contributed by atoms with van der Waals surface area (Å²) >= 11 is 0. The number of aryl methyl sites for hydroxylation is 1. The second kappa shape index (κ2) is 9.05. The molecule has 0 radical (unpaired) electrons. The molecule has 0 heterocycles. The fourth-order valence-corrected chi connectivity index (χ4v) is 4.19. The molecule has 0 saturated carbocycles. The van der Waals surface area contributed by atoms with E-state index >= 15 is 0 Å². The number of ether oxygens (including phenoxy) is 2. The Kier molecular flexibility index (Phi) is 6.51. The van der Waals surface area contributed by atoms with Gasteiger partial charge in [-0.25, -0.2) is 0 Å². The summed E-state index contributed by atoms with van der Waals surface area (Å²) in [6.07, 6.45) is 2.13. The van der Waals surface area contributed by atoms with Crippen LogP contribution in [0.15, 0.2) is 48.5 Å². The third-order valence-corrected chi connectivity index (χ3v) is 5.35. The molecule has 1 aliphatic rings. The number of hydrogen-bond acceptors (Lipinski definition) is 4. The summed E-state index contributed by atoms with van der Waals surface area (Å²) in [7, 11) is 3.72. The first-order chi connectivity index (χ1) is 13.1. The van der Waals surface area contributed by atoms with Gasteiger partial charge in [0.05, 0.1) is 20.3 Å². The number of methoxy groups -OCH3 is 1. The SMILES string of the molecule is CCOC(=O)CN(C)C[C@H]1CCc2cc(OC)ccc2[C@H]1c1ccccc1. The minimum atomic E-state index is -0.155. The lowest BCUT2D eigenvalue weighted by Crippen LogP contribution is -2.36. The van der Waals surface area contributed by atoms with Crippen LogP contribution in [0.1, 0.15) is 36.0 Å². The highest BCUT2D eigenvalue weighted by molar-refractivity contribution is 5.71. The molecule has 144 valence electrons.